The Morgan fingerprint density at radius 3 is 2.43 bits per heavy atom. The first-order valence-corrected chi connectivity index (χ1v) is 8.04. The Kier molecular flexibility index (Phi) is 5.73. The van der Waals surface area contributed by atoms with Gasteiger partial charge in [0.05, 0.1) is 5.56 Å². The Hall–Kier alpha value is -1.43. The van der Waals surface area contributed by atoms with E-state index in [1.54, 1.807) is 6.07 Å². The van der Waals surface area contributed by atoms with E-state index in [2.05, 4.69) is 6.92 Å². The number of halogens is 2. The topological polar surface area (TPSA) is 23.8 Å². The summed E-state index contributed by atoms with van der Waals surface area (Å²) in [5.41, 5.74) is 0.253. The standard InChI is InChI=1S/C18H23F2N/c1-2-3-4-5-13-6-8-14(9-7-13)16-11-17(19)15(12-21)10-18(16)20/h10-11,13-14H,2-9H2,1H3/t13-,14-. The molecule has 0 radical (unpaired) electrons. The van der Waals surface area contributed by atoms with Gasteiger partial charge in [0.25, 0.3) is 0 Å². The van der Waals surface area contributed by atoms with Gasteiger partial charge in [-0.05, 0) is 55.2 Å². The molecular formula is C18H23F2N. The molecule has 0 amide bonds. The number of rotatable bonds is 5. The molecule has 2 rings (SSSR count). The van der Waals surface area contributed by atoms with Crippen molar-refractivity contribution in [3.63, 3.8) is 0 Å². The largest absolute Gasteiger partial charge is 0.207 e. The molecule has 0 unspecified atom stereocenters. The molecule has 1 saturated carbocycles. The van der Waals surface area contributed by atoms with Gasteiger partial charge in [-0.3, -0.25) is 0 Å². The van der Waals surface area contributed by atoms with Crippen LogP contribution in [0.4, 0.5) is 8.78 Å². The molecule has 0 aromatic heterocycles. The summed E-state index contributed by atoms with van der Waals surface area (Å²) in [6.07, 6.45) is 9.15. The fraction of sp³-hybridized carbons (Fsp3) is 0.611. The Labute approximate surface area is 126 Å². The highest BCUT2D eigenvalue weighted by molar-refractivity contribution is 5.36. The number of benzene rings is 1. The van der Waals surface area contributed by atoms with E-state index in [9.17, 15) is 8.78 Å². The minimum Gasteiger partial charge on any atom is -0.207 e. The number of hydrogen-bond donors (Lipinski definition) is 0. The van der Waals surface area contributed by atoms with Gasteiger partial charge in [0.2, 0.25) is 0 Å². The van der Waals surface area contributed by atoms with Crippen molar-refractivity contribution in [1.29, 1.82) is 5.26 Å². The number of hydrogen-bond acceptors (Lipinski definition) is 1. The van der Waals surface area contributed by atoms with Crippen molar-refractivity contribution in [3.8, 4) is 6.07 Å². The second kappa shape index (κ2) is 7.54. The van der Waals surface area contributed by atoms with Gasteiger partial charge in [0.15, 0.2) is 0 Å². The average molecular weight is 291 g/mol. The highest BCUT2D eigenvalue weighted by Crippen LogP contribution is 2.39. The summed E-state index contributed by atoms with van der Waals surface area (Å²) >= 11 is 0. The van der Waals surface area contributed by atoms with Crippen LogP contribution < -0.4 is 0 Å². The van der Waals surface area contributed by atoms with Gasteiger partial charge in [0.1, 0.15) is 17.7 Å². The maximum absolute atomic E-state index is 14.0. The Morgan fingerprint density at radius 2 is 1.81 bits per heavy atom. The van der Waals surface area contributed by atoms with Gasteiger partial charge < -0.3 is 0 Å². The van der Waals surface area contributed by atoms with Crippen molar-refractivity contribution in [2.24, 2.45) is 5.92 Å². The van der Waals surface area contributed by atoms with Crippen LogP contribution in [0.25, 0.3) is 0 Å². The summed E-state index contributed by atoms with van der Waals surface area (Å²) in [6.45, 7) is 2.21. The first kappa shape index (κ1) is 15.9. The predicted octanol–water partition coefficient (Wildman–Crippen LogP) is 5.69. The van der Waals surface area contributed by atoms with Crippen LogP contribution in [0.5, 0.6) is 0 Å². The maximum atomic E-state index is 14.0. The van der Waals surface area contributed by atoms with Crippen molar-refractivity contribution in [2.75, 3.05) is 0 Å². The van der Waals surface area contributed by atoms with Crippen LogP contribution in [0.15, 0.2) is 12.1 Å². The van der Waals surface area contributed by atoms with Gasteiger partial charge in [-0.1, -0.05) is 32.6 Å². The fourth-order valence-corrected chi connectivity index (χ4v) is 3.41. The Balaban J connectivity index is 1.96. The summed E-state index contributed by atoms with van der Waals surface area (Å²) in [7, 11) is 0. The molecule has 0 heterocycles. The first-order valence-electron chi connectivity index (χ1n) is 8.04. The van der Waals surface area contributed by atoms with Crippen molar-refractivity contribution in [2.45, 2.75) is 64.2 Å². The summed E-state index contributed by atoms with van der Waals surface area (Å²) in [5.74, 6) is -0.171. The van der Waals surface area contributed by atoms with Gasteiger partial charge in [-0.15, -0.1) is 0 Å². The molecule has 0 atom stereocenters. The van der Waals surface area contributed by atoms with E-state index in [0.29, 0.717) is 5.56 Å². The lowest BCUT2D eigenvalue weighted by atomic mass is 9.76. The molecule has 0 aliphatic heterocycles. The highest BCUT2D eigenvalue weighted by Gasteiger charge is 2.25. The zero-order valence-corrected chi connectivity index (χ0v) is 12.7. The van der Waals surface area contributed by atoms with Crippen molar-refractivity contribution in [3.05, 3.63) is 34.9 Å². The molecule has 1 aliphatic rings. The number of unbranched alkanes of at least 4 members (excludes halogenated alkanes) is 2. The monoisotopic (exact) mass is 291 g/mol. The zero-order chi connectivity index (χ0) is 15.2. The van der Waals surface area contributed by atoms with E-state index in [-0.39, 0.29) is 11.5 Å². The second-order valence-corrected chi connectivity index (χ2v) is 6.18. The quantitative estimate of drug-likeness (QED) is 0.639. The van der Waals surface area contributed by atoms with Crippen molar-refractivity contribution < 1.29 is 8.78 Å². The zero-order valence-electron chi connectivity index (χ0n) is 12.7. The van der Waals surface area contributed by atoms with E-state index < -0.39 is 11.6 Å². The number of nitrogens with zero attached hydrogens (tertiary/aromatic N) is 1. The van der Waals surface area contributed by atoms with Crippen LogP contribution in [0.2, 0.25) is 0 Å². The predicted molar refractivity (Wildman–Crippen MR) is 79.9 cm³/mol. The van der Waals surface area contributed by atoms with E-state index in [0.717, 1.165) is 37.7 Å². The van der Waals surface area contributed by atoms with E-state index >= 15 is 0 Å². The number of nitriles is 1. The molecule has 21 heavy (non-hydrogen) atoms. The average Bonchev–Trinajstić information content (AvgIpc) is 2.50. The summed E-state index contributed by atoms with van der Waals surface area (Å²) in [6, 6.07) is 3.96. The molecule has 0 spiro atoms. The summed E-state index contributed by atoms with van der Waals surface area (Å²) < 4.78 is 27.7. The minimum atomic E-state index is -0.598. The third-order valence-corrected chi connectivity index (χ3v) is 4.71. The van der Waals surface area contributed by atoms with Crippen LogP contribution in [-0.4, -0.2) is 0 Å². The molecule has 1 nitrogen and oxygen atoms in total. The Bertz CT molecular complexity index is 511. The van der Waals surface area contributed by atoms with E-state index in [1.807, 2.05) is 0 Å². The van der Waals surface area contributed by atoms with Gasteiger partial charge in [-0.25, -0.2) is 8.78 Å². The van der Waals surface area contributed by atoms with E-state index in [1.165, 1.54) is 31.7 Å². The first-order chi connectivity index (χ1) is 10.2. The van der Waals surface area contributed by atoms with Gasteiger partial charge in [-0.2, -0.15) is 5.26 Å². The van der Waals surface area contributed by atoms with Crippen LogP contribution in [-0.2, 0) is 0 Å². The van der Waals surface area contributed by atoms with Crippen LogP contribution >= 0.6 is 0 Å². The lowest BCUT2D eigenvalue weighted by Gasteiger charge is -2.29. The third kappa shape index (κ3) is 4.03. The molecule has 114 valence electrons. The molecule has 3 heteroatoms. The smallest absolute Gasteiger partial charge is 0.141 e. The van der Waals surface area contributed by atoms with Crippen LogP contribution in [0.1, 0.15) is 75.3 Å². The van der Waals surface area contributed by atoms with Gasteiger partial charge in [0, 0.05) is 0 Å². The summed E-state index contributed by atoms with van der Waals surface area (Å²) in [5, 5.41) is 8.72. The van der Waals surface area contributed by atoms with Crippen LogP contribution in [0.3, 0.4) is 0 Å². The lowest BCUT2D eigenvalue weighted by Crippen LogP contribution is -2.15. The van der Waals surface area contributed by atoms with Crippen molar-refractivity contribution in [1.82, 2.24) is 0 Å². The maximum Gasteiger partial charge on any atom is 0.141 e. The Morgan fingerprint density at radius 1 is 1.10 bits per heavy atom. The highest BCUT2D eigenvalue weighted by atomic mass is 19.1. The van der Waals surface area contributed by atoms with Crippen LogP contribution in [0, 0.1) is 28.9 Å². The summed E-state index contributed by atoms with van der Waals surface area (Å²) in [4.78, 5) is 0. The second-order valence-electron chi connectivity index (χ2n) is 6.18. The molecule has 1 fully saturated rings. The SMILES string of the molecule is CCCCC[C@H]1CC[C@H](c2cc(F)c(C#N)cc2F)CC1. The molecule has 1 aromatic carbocycles. The fourth-order valence-electron chi connectivity index (χ4n) is 3.41. The van der Waals surface area contributed by atoms with E-state index in [4.69, 9.17) is 5.26 Å². The molecular weight excluding hydrogens is 268 g/mol. The minimum absolute atomic E-state index is 0.106. The molecule has 0 saturated heterocycles. The third-order valence-electron chi connectivity index (χ3n) is 4.71. The molecule has 0 bridgehead atoms. The normalized spacial score (nSPS) is 22.0. The molecule has 1 aliphatic carbocycles. The molecule has 0 N–H and O–H groups in total. The van der Waals surface area contributed by atoms with Crippen molar-refractivity contribution >= 4 is 0 Å². The van der Waals surface area contributed by atoms with Gasteiger partial charge >= 0.3 is 0 Å². The lowest BCUT2D eigenvalue weighted by molar-refractivity contribution is 0.299. The molecule has 1 aromatic rings.